The van der Waals surface area contributed by atoms with Crippen LogP contribution in [0.5, 0.6) is 0 Å². The highest BCUT2D eigenvalue weighted by Gasteiger charge is 2.70. The number of amides is 2. The molecule has 0 unspecified atom stereocenters. The fourth-order valence-corrected chi connectivity index (χ4v) is 8.09. The summed E-state index contributed by atoms with van der Waals surface area (Å²) in [4.78, 5) is 33.4. The molecule has 55 heavy (non-hydrogen) atoms. The van der Waals surface area contributed by atoms with Crippen molar-refractivity contribution >= 4 is 67.7 Å². The average Bonchev–Trinajstić information content (AvgIpc) is 3.48. The van der Waals surface area contributed by atoms with Crippen LogP contribution in [0.1, 0.15) is 113 Å². The van der Waals surface area contributed by atoms with Crippen molar-refractivity contribution in [1.82, 2.24) is 9.80 Å². The Hall–Kier alpha value is -2.98. The molecule has 0 aromatic heterocycles. The molecule has 0 radical (unpaired) electrons. The van der Waals surface area contributed by atoms with E-state index in [-0.39, 0.29) is 96.7 Å². The molecule has 6 rings (SSSR count). The Labute approximate surface area is 358 Å². The third kappa shape index (κ3) is 10.5. The molecule has 310 valence electrons. The predicted molar refractivity (Wildman–Crippen MR) is 252 cm³/mol. The number of carbonyl (C=O) groups excluding carboxylic acids is 2. The average molecular weight is 837 g/mol. The summed E-state index contributed by atoms with van der Waals surface area (Å²) in [6, 6.07) is 30.4. The van der Waals surface area contributed by atoms with Gasteiger partial charge in [0.05, 0.1) is 18.2 Å². The first kappa shape index (κ1) is 58.7. The van der Waals surface area contributed by atoms with Gasteiger partial charge in [0.2, 0.25) is 11.8 Å². The van der Waals surface area contributed by atoms with E-state index < -0.39 is 35.6 Å². The number of aliphatic hydroxyl groups is 1. The van der Waals surface area contributed by atoms with E-state index in [0.29, 0.717) is 22.2 Å². The molecule has 6 nitrogen and oxygen atoms in total. The molecule has 0 saturated carbocycles. The summed E-state index contributed by atoms with van der Waals surface area (Å²) in [6.45, 7) is 4.26. The van der Waals surface area contributed by atoms with Crippen LogP contribution in [0.25, 0.3) is 0 Å². The van der Waals surface area contributed by atoms with Gasteiger partial charge in [-0.05, 0) is 58.9 Å². The fourth-order valence-electron chi connectivity index (χ4n) is 7.80. The number of hydrogen-bond acceptors (Lipinski definition) is 4. The first-order chi connectivity index (χ1) is 22.0. The highest BCUT2D eigenvalue weighted by molar-refractivity contribution is 7.59. The Morgan fingerprint density at radius 3 is 1.76 bits per heavy atom. The van der Waals surface area contributed by atoms with Crippen LogP contribution in [-0.2, 0) is 15.0 Å². The number of carbonyl (C=O) groups is 2. The third-order valence-electron chi connectivity index (χ3n) is 9.58. The number of likely N-dealkylation sites (tertiary alicyclic amines) is 1. The molecule has 2 N–H and O–H groups in total. The maximum atomic E-state index is 14.9. The minimum absolute atomic E-state index is 0. The van der Waals surface area contributed by atoms with E-state index in [4.69, 9.17) is 23.2 Å². The molecule has 0 bridgehead atoms. The SMILES string of the molecule is C.C.C.C.C.C.C.CC(C)C[C@H]1N([C@H](c2ccccc2)[C@@H](O)c2ccccc2)[C@@H](C(=O)N(C)C)[C@H](c2ccc(Cl)cc2)[C@@]12C(=O)Nc1cc(Cl)ccc12.S.S. The number of nitrogens with zero attached hydrogens (tertiary/aromatic N) is 2. The molecule has 2 aliphatic rings. The van der Waals surface area contributed by atoms with Gasteiger partial charge in [-0.25, -0.2) is 0 Å². The molecular formula is C45H71Cl2N3O3S2. The molecule has 10 heteroatoms. The highest BCUT2D eigenvalue weighted by atomic mass is 35.5. The number of anilines is 1. The molecule has 1 spiro atoms. The van der Waals surface area contributed by atoms with Crippen LogP contribution in [0.4, 0.5) is 5.69 Å². The first-order valence-corrected chi connectivity index (χ1v) is 16.4. The van der Waals surface area contributed by atoms with Crippen molar-refractivity contribution in [3.8, 4) is 0 Å². The van der Waals surface area contributed by atoms with Gasteiger partial charge in [0, 0.05) is 41.8 Å². The van der Waals surface area contributed by atoms with E-state index >= 15 is 0 Å². The number of aliphatic hydroxyl groups excluding tert-OH is 1. The van der Waals surface area contributed by atoms with E-state index in [2.05, 4.69) is 24.1 Å². The molecule has 2 amide bonds. The largest absolute Gasteiger partial charge is 0.386 e. The Kier molecular flexibility index (Phi) is 25.6. The van der Waals surface area contributed by atoms with Gasteiger partial charge in [-0.15, -0.1) is 0 Å². The summed E-state index contributed by atoms with van der Waals surface area (Å²) in [5.41, 5.74) is 2.64. The van der Waals surface area contributed by atoms with Crippen LogP contribution in [0, 0.1) is 5.92 Å². The number of halogens is 2. The lowest BCUT2D eigenvalue weighted by molar-refractivity contribution is -0.136. The van der Waals surface area contributed by atoms with Crippen LogP contribution in [0.2, 0.25) is 10.0 Å². The molecule has 6 atom stereocenters. The number of benzene rings is 4. The van der Waals surface area contributed by atoms with Gasteiger partial charge >= 0.3 is 0 Å². The molecule has 1 fully saturated rings. The van der Waals surface area contributed by atoms with E-state index in [0.717, 1.165) is 22.3 Å². The highest BCUT2D eigenvalue weighted by Crippen LogP contribution is 2.62. The summed E-state index contributed by atoms with van der Waals surface area (Å²) in [7, 11) is 3.49. The Morgan fingerprint density at radius 1 is 0.782 bits per heavy atom. The monoisotopic (exact) mass is 835 g/mol. The van der Waals surface area contributed by atoms with Gasteiger partial charge < -0.3 is 15.3 Å². The Balaban J connectivity index is -0.00000144. The van der Waals surface area contributed by atoms with Gasteiger partial charge in [-0.2, -0.15) is 27.0 Å². The van der Waals surface area contributed by atoms with Gasteiger partial charge in [0.15, 0.2) is 0 Å². The number of nitrogens with one attached hydrogen (secondary N) is 1. The first-order valence-electron chi connectivity index (χ1n) is 15.7. The maximum Gasteiger partial charge on any atom is 0.240 e. The fraction of sp³-hybridized carbons (Fsp3) is 0.422. The summed E-state index contributed by atoms with van der Waals surface area (Å²) in [6.07, 6.45) is -0.423. The second-order valence-electron chi connectivity index (χ2n) is 13.0. The molecular weight excluding hydrogens is 766 g/mol. The van der Waals surface area contributed by atoms with Crippen LogP contribution >= 0.6 is 50.2 Å². The van der Waals surface area contributed by atoms with Crippen molar-refractivity contribution in [2.75, 3.05) is 19.4 Å². The lowest BCUT2D eigenvalue weighted by Gasteiger charge is -2.43. The van der Waals surface area contributed by atoms with E-state index in [9.17, 15) is 14.7 Å². The van der Waals surface area contributed by atoms with Gasteiger partial charge in [0.25, 0.3) is 0 Å². The van der Waals surface area contributed by atoms with Crippen molar-refractivity contribution in [1.29, 1.82) is 0 Å². The maximum absolute atomic E-state index is 14.9. The predicted octanol–water partition coefficient (Wildman–Crippen LogP) is 12.3. The Morgan fingerprint density at radius 2 is 1.27 bits per heavy atom. The van der Waals surface area contributed by atoms with Crippen molar-refractivity contribution in [2.24, 2.45) is 5.92 Å². The summed E-state index contributed by atoms with van der Waals surface area (Å²) in [5.74, 6) is -0.810. The molecule has 1 saturated heterocycles. The van der Waals surface area contributed by atoms with Crippen molar-refractivity contribution in [2.45, 2.75) is 108 Å². The summed E-state index contributed by atoms with van der Waals surface area (Å²) in [5, 5.41) is 16.6. The third-order valence-corrected chi connectivity index (χ3v) is 10.1. The van der Waals surface area contributed by atoms with Crippen molar-refractivity contribution in [3.05, 3.63) is 135 Å². The lowest BCUT2D eigenvalue weighted by atomic mass is 9.63. The second kappa shape index (κ2) is 23.9. The van der Waals surface area contributed by atoms with Gasteiger partial charge in [0.1, 0.15) is 5.41 Å². The van der Waals surface area contributed by atoms with Crippen molar-refractivity contribution in [3.63, 3.8) is 0 Å². The summed E-state index contributed by atoms with van der Waals surface area (Å²) >= 11 is 12.9. The molecule has 4 aromatic rings. The second-order valence-corrected chi connectivity index (χ2v) is 13.9. The van der Waals surface area contributed by atoms with Crippen molar-refractivity contribution < 1.29 is 14.7 Å². The normalized spacial score (nSPS) is 19.9. The zero-order chi connectivity index (χ0) is 32.7. The van der Waals surface area contributed by atoms with Crippen LogP contribution < -0.4 is 5.32 Å². The zero-order valence-corrected chi connectivity index (χ0v) is 30.9. The smallest absolute Gasteiger partial charge is 0.240 e. The van der Waals surface area contributed by atoms with Crippen LogP contribution in [-0.4, -0.2) is 52.9 Å². The zero-order valence-electron chi connectivity index (χ0n) is 27.4. The molecule has 0 aliphatic carbocycles. The number of likely N-dealkylation sites (N-methyl/N-ethyl adjacent to an activating group) is 1. The van der Waals surface area contributed by atoms with E-state index in [1.165, 1.54) is 0 Å². The molecule has 2 aliphatic heterocycles. The minimum atomic E-state index is -1.20. The quantitative estimate of drug-likeness (QED) is 0.185. The van der Waals surface area contributed by atoms with Crippen LogP contribution in [0.15, 0.2) is 103 Å². The van der Waals surface area contributed by atoms with E-state index in [1.54, 1.807) is 25.1 Å². The molecule has 4 aromatic carbocycles. The van der Waals surface area contributed by atoms with Crippen LogP contribution in [0.3, 0.4) is 0 Å². The lowest BCUT2D eigenvalue weighted by Crippen LogP contribution is -2.52. The number of hydrogen-bond donors (Lipinski definition) is 2. The van der Waals surface area contributed by atoms with E-state index in [1.807, 2.05) is 97.1 Å². The number of rotatable bonds is 8. The van der Waals surface area contributed by atoms with Gasteiger partial charge in [-0.1, -0.05) is 168 Å². The summed E-state index contributed by atoms with van der Waals surface area (Å²) < 4.78 is 0. The topological polar surface area (TPSA) is 72.9 Å². The number of fused-ring (bicyclic) bond motifs is 2. The molecule has 2 heterocycles. The standard InChI is InChI=1S/C38H39Cl2N3O3.7CH4.2H2S/c1-23(2)21-31-38(29-20-19-28(40)22-30(29)41-37(38)46)32(24-15-17-27(39)18-16-24)34(36(45)42(3)4)43(31)33(25-11-7-5-8-12-25)35(44)26-13-9-6-10-14-26;;;;;;;;;/h5-20,22-23,31-35,44H,21H2,1-4H3,(H,41,46);7*1H4;2*1H2/t31-,32+,33-,34-,35+,38+;;;;;;;;;/m1........./s1. The minimum Gasteiger partial charge on any atom is -0.386 e. The Bertz CT molecular complexity index is 1730. The van der Waals surface area contributed by atoms with Gasteiger partial charge in [-0.3, -0.25) is 14.5 Å².